The van der Waals surface area contributed by atoms with Crippen molar-refractivity contribution in [3.05, 3.63) is 0 Å². The van der Waals surface area contributed by atoms with E-state index < -0.39 is 5.54 Å². The highest BCUT2D eigenvalue weighted by Crippen LogP contribution is 2.36. The van der Waals surface area contributed by atoms with Crippen LogP contribution in [0.2, 0.25) is 0 Å². The number of carbonyl (C=O) groups excluding carboxylic acids is 2. The summed E-state index contributed by atoms with van der Waals surface area (Å²) in [7, 11) is 0. The van der Waals surface area contributed by atoms with Gasteiger partial charge in [-0.25, -0.2) is 0 Å². The fourth-order valence-electron chi connectivity index (χ4n) is 3.11. The molecule has 1 heterocycles. The maximum atomic E-state index is 12.9. The van der Waals surface area contributed by atoms with E-state index in [0.717, 1.165) is 25.7 Å². The summed E-state index contributed by atoms with van der Waals surface area (Å²) in [5.74, 6) is 0.504. The van der Waals surface area contributed by atoms with E-state index in [4.69, 9.17) is 0 Å². The van der Waals surface area contributed by atoms with Gasteiger partial charge in [-0.2, -0.15) is 0 Å². The monoisotopic (exact) mass is 280 g/mol. The molecule has 1 spiro atoms. The summed E-state index contributed by atoms with van der Waals surface area (Å²) in [5.41, 5.74) is -0.460. The Morgan fingerprint density at radius 2 is 1.85 bits per heavy atom. The lowest BCUT2D eigenvalue weighted by atomic mass is 9.80. The number of hydrogen-bond donors (Lipinski definition) is 1. The van der Waals surface area contributed by atoms with Crippen LogP contribution in [0, 0.1) is 11.3 Å². The standard InChI is InChI=1S/C16H28N2O2/c1-11(15(3,4)5)10-18-12(2)13(19)17-16(14(18)20)8-6-7-9-16/h11-12H,6-10H2,1-5H3,(H,17,19). The molecule has 4 nitrogen and oxygen atoms in total. The highest BCUT2D eigenvalue weighted by molar-refractivity contribution is 5.99. The van der Waals surface area contributed by atoms with E-state index in [2.05, 4.69) is 33.0 Å². The van der Waals surface area contributed by atoms with Crippen molar-refractivity contribution in [1.29, 1.82) is 0 Å². The largest absolute Gasteiger partial charge is 0.340 e. The van der Waals surface area contributed by atoms with Gasteiger partial charge < -0.3 is 10.2 Å². The van der Waals surface area contributed by atoms with E-state index in [1.807, 2.05) is 11.8 Å². The third kappa shape index (κ3) is 2.57. The van der Waals surface area contributed by atoms with Gasteiger partial charge in [0.15, 0.2) is 0 Å². The van der Waals surface area contributed by atoms with Gasteiger partial charge >= 0.3 is 0 Å². The van der Waals surface area contributed by atoms with Crippen molar-refractivity contribution >= 4 is 11.8 Å². The van der Waals surface area contributed by atoms with Crippen LogP contribution < -0.4 is 5.32 Å². The minimum Gasteiger partial charge on any atom is -0.340 e. The van der Waals surface area contributed by atoms with Gasteiger partial charge in [-0.1, -0.05) is 40.5 Å². The molecule has 2 rings (SSSR count). The van der Waals surface area contributed by atoms with Crippen molar-refractivity contribution in [2.24, 2.45) is 11.3 Å². The van der Waals surface area contributed by atoms with E-state index in [0.29, 0.717) is 12.5 Å². The zero-order valence-corrected chi connectivity index (χ0v) is 13.5. The predicted molar refractivity (Wildman–Crippen MR) is 79.1 cm³/mol. The van der Waals surface area contributed by atoms with Crippen LogP contribution in [0.15, 0.2) is 0 Å². The smallest absolute Gasteiger partial charge is 0.249 e. The molecule has 1 saturated carbocycles. The van der Waals surface area contributed by atoms with Gasteiger partial charge in [0, 0.05) is 6.54 Å². The molecule has 2 unspecified atom stereocenters. The number of nitrogens with zero attached hydrogens (tertiary/aromatic N) is 1. The van der Waals surface area contributed by atoms with Gasteiger partial charge in [-0.05, 0) is 31.1 Å². The van der Waals surface area contributed by atoms with Crippen molar-refractivity contribution in [3.8, 4) is 0 Å². The van der Waals surface area contributed by atoms with Gasteiger partial charge in [-0.15, -0.1) is 0 Å². The van der Waals surface area contributed by atoms with Crippen molar-refractivity contribution in [2.75, 3.05) is 6.54 Å². The first-order valence-corrected chi connectivity index (χ1v) is 7.80. The lowest BCUT2D eigenvalue weighted by molar-refractivity contribution is -0.155. The van der Waals surface area contributed by atoms with E-state index in [-0.39, 0.29) is 23.3 Å². The lowest BCUT2D eigenvalue weighted by Crippen LogP contribution is -2.69. The van der Waals surface area contributed by atoms with Crippen molar-refractivity contribution in [2.45, 2.75) is 71.9 Å². The summed E-state index contributed by atoms with van der Waals surface area (Å²) in [6.45, 7) is 11.2. The first-order chi connectivity index (χ1) is 9.17. The van der Waals surface area contributed by atoms with E-state index in [9.17, 15) is 9.59 Å². The Morgan fingerprint density at radius 1 is 1.30 bits per heavy atom. The van der Waals surface area contributed by atoms with E-state index >= 15 is 0 Å². The Bertz CT molecular complexity index is 405. The Kier molecular flexibility index (Phi) is 3.87. The molecule has 0 bridgehead atoms. The molecule has 2 atom stereocenters. The summed E-state index contributed by atoms with van der Waals surface area (Å²) in [6, 6.07) is -0.349. The van der Waals surface area contributed by atoms with Crippen LogP contribution in [0.1, 0.15) is 60.3 Å². The second-order valence-electron chi connectivity index (χ2n) is 7.68. The molecule has 2 fully saturated rings. The number of nitrogens with one attached hydrogen (secondary N) is 1. The number of amides is 2. The normalized spacial score (nSPS) is 27.9. The Labute approximate surface area is 122 Å². The summed E-state index contributed by atoms with van der Waals surface area (Å²) in [6.07, 6.45) is 3.65. The van der Waals surface area contributed by atoms with Gasteiger partial charge in [0.05, 0.1) is 0 Å². The van der Waals surface area contributed by atoms with Crippen LogP contribution in [0.25, 0.3) is 0 Å². The molecule has 0 aromatic carbocycles. The van der Waals surface area contributed by atoms with Crippen LogP contribution in [-0.2, 0) is 9.59 Å². The molecule has 1 saturated heterocycles. The molecule has 0 aromatic heterocycles. The van der Waals surface area contributed by atoms with Gasteiger partial charge in [0.25, 0.3) is 0 Å². The zero-order valence-electron chi connectivity index (χ0n) is 13.5. The third-order valence-electron chi connectivity index (χ3n) is 5.29. The SMILES string of the molecule is CC1C(=O)NC2(CCCC2)C(=O)N1CC(C)C(C)(C)C. The molecule has 1 aliphatic heterocycles. The van der Waals surface area contributed by atoms with Crippen LogP contribution in [-0.4, -0.2) is 34.8 Å². The van der Waals surface area contributed by atoms with Crippen molar-refractivity contribution in [3.63, 3.8) is 0 Å². The fourth-order valence-corrected chi connectivity index (χ4v) is 3.11. The molecular weight excluding hydrogens is 252 g/mol. The topological polar surface area (TPSA) is 49.4 Å². The minimum atomic E-state index is -0.596. The molecule has 0 radical (unpaired) electrons. The molecule has 2 aliphatic rings. The van der Waals surface area contributed by atoms with Crippen LogP contribution in [0.4, 0.5) is 0 Å². The second kappa shape index (κ2) is 5.05. The molecular formula is C16H28N2O2. The molecule has 1 N–H and O–H groups in total. The average molecular weight is 280 g/mol. The highest BCUT2D eigenvalue weighted by Gasteiger charge is 2.51. The molecule has 114 valence electrons. The lowest BCUT2D eigenvalue weighted by Gasteiger charge is -2.45. The Balaban J connectivity index is 2.21. The van der Waals surface area contributed by atoms with Crippen molar-refractivity contribution < 1.29 is 9.59 Å². The Hall–Kier alpha value is -1.06. The van der Waals surface area contributed by atoms with Crippen LogP contribution in [0.5, 0.6) is 0 Å². The van der Waals surface area contributed by atoms with Gasteiger partial charge in [0.1, 0.15) is 11.6 Å². The summed E-state index contributed by atoms with van der Waals surface area (Å²) >= 11 is 0. The predicted octanol–water partition coefficient (Wildman–Crippen LogP) is 2.33. The molecule has 4 heteroatoms. The Morgan fingerprint density at radius 3 is 2.35 bits per heavy atom. The number of piperazine rings is 1. The summed E-state index contributed by atoms with van der Waals surface area (Å²) in [4.78, 5) is 26.9. The average Bonchev–Trinajstić information content (AvgIpc) is 2.80. The molecule has 20 heavy (non-hydrogen) atoms. The quantitative estimate of drug-likeness (QED) is 0.844. The highest BCUT2D eigenvalue weighted by atomic mass is 16.2. The minimum absolute atomic E-state index is 0.00705. The first kappa shape index (κ1) is 15.3. The van der Waals surface area contributed by atoms with Crippen molar-refractivity contribution in [1.82, 2.24) is 10.2 Å². The number of carbonyl (C=O) groups is 2. The van der Waals surface area contributed by atoms with Crippen LogP contribution in [0.3, 0.4) is 0 Å². The third-order valence-corrected chi connectivity index (χ3v) is 5.29. The van der Waals surface area contributed by atoms with E-state index in [1.165, 1.54) is 0 Å². The fraction of sp³-hybridized carbons (Fsp3) is 0.875. The summed E-state index contributed by atoms with van der Waals surface area (Å²) in [5, 5.41) is 3.00. The zero-order chi connectivity index (χ0) is 15.1. The van der Waals surface area contributed by atoms with E-state index in [1.54, 1.807) is 0 Å². The number of rotatable bonds is 2. The maximum absolute atomic E-state index is 12.9. The van der Waals surface area contributed by atoms with Gasteiger partial charge in [-0.3, -0.25) is 9.59 Å². The molecule has 2 amide bonds. The molecule has 1 aliphatic carbocycles. The first-order valence-electron chi connectivity index (χ1n) is 7.80. The summed E-state index contributed by atoms with van der Waals surface area (Å²) < 4.78 is 0. The second-order valence-corrected chi connectivity index (χ2v) is 7.68. The molecule has 0 aromatic rings. The number of hydrogen-bond acceptors (Lipinski definition) is 2. The van der Waals surface area contributed by atoms with Crippen LogP contribution >= 0.6 is 0 Å². The maximum Gasteiger partial charge on any atom is 0.249 e. The van der Waals surface area contributed by atoms with Gasteiger partial charge in [0.2, 0.25) is 11.8 Å².